The van der Waals surface area contributed by atoms with Gasteiger partial charge in [-0.1, -0.05) is 48.5 Å². The lowest BCUT2D eigenvalue weighted by Crippen LogP contribution is -2.55. The molecule has 1 unspecified atom stereocenters. The third kappa shape index (κ3) is 3.44. The Hall–Kier alpha value is -3.47. The Morgan fingerprint density at radius 2 is 1.48 bits per heavy atom. The number of amides is 2. The Bertz CT molecular complexity index is 930. The predicted molar refractivity (Wildman–Crippen MR) is 103 cm³/mol. The minimum Gasteiger partial charge on any atom is -0.321 e. The molecule has 1 aliphatic heterocycles. The Morgan fingerprint density at radius 1 is 0.852 bits per heavy atom. The molecular formula is C22H19N3O2. The highest BCUT2D eigenvalue weighted by Gasteiger charge is 2.40. The molecule has 0 spiro atoms. The lowest BCUT2D eigenvalue weighted by Gasteiger charge is -2.40. The lowest BCUT2D eigenvalue weighted by molar-refractivity contribution is -0.144. The molecular weight excluding hydrogens is 338 g/mol. The fraction of sp³-hybridized carbons (Fsp3) is 0.136. The minimum atomic E-state index is -0.672. The molecule has 1 atom stereocenters. The first-order valence-corrected chi connectivity index (χ1v) is 8.84. The van der Waals surface area contributed by atoms with Crippen LogP contribution in [0.2, 0.25) is 0 Å². The van der Waals surface area contributed by atoms with Crippen LogP contribution in [0.5, 0.6) is 0 Å². The van der Waals surface area contributed by atoms with Gasteiger partial charge in [-0.05, 0) is 35.4 Å². The minimum absolute atomic E-state index is 0.0390. The zero-order valence-corrected chi connectivity index (χ0v) is 14.7. The zero-order chi connectivity index (χ0) is 18.6. The van der Waals surface area contributed by atoms with Crippen LogP contribution in [0.15, 0.2) is 85.2 Å². The van der Waals surface area contributed by atoms with Crippen molar-refractivity contribution in [3.8, 4) is 0 Å². The molecule has 0 aliphatic carbocycles. The maximum absolute atomic E-state index is 13.4. The third-order valence-electron chi connectivity index (χ3n) is 4.71. The fourth-order valence-corrected chi connectivity index (χ4v) is 3.38. The van der Waals surface area contributed by atoms with Crippen molar-refractivity contribution >= 4 is 17.5 Å². The van der Waals surface area contributed by atoms with Crippen molar-refractivity contribution in [2.45, 2.75) is 12.6 Å². The summed E-state index contributed by atoms with van der Waals surface area (Å²) in [4.78, 5) is 33.7. The van der Waals surface area contributed by atoms with Crippen LogP contribution in [0.4, 0.5) is 5.69 Å². The summed E-state index contributed by atoms with van der Waals surface area (Å²) in [6.07, 6.45) is 3.30. The van der Waals surface area contributed by atoms with Gasteiger partial charge in [0.1, 0.15) is 12.6 Å². The summed E-state index contributed by atoms with van der Waals surface area (Å²) in [6.45, 7) is 0.429. The number of nitrogens with zero attached hydrogens (tertiary/aromatic N) is 3. The molecule has 2 aromatic carbocycles. The average Bonchev–Trinajstić information content (AvgIpc) is 2.73. The van der Waals surface area contributed by atoms with Gasteiger partial charge < -0.3 is 9.80 Å². The number of rotatable bonds is 4. The maximum atomic E-state index is 13.4. The van der Waals surface area contributed by atoms with E-state index in [1.807, 2.05) is 60.7 Å². The summed E-state index contributed by atoms with van der Waals surface area (Å²) >= 11 is 0. The molecule has 3 aromatic rings. The van der Waals surface area contributed by atoms with E-state index in [0.29, 0.717) is 6.54 Å². The number of benzene rings is 2. The van der Waals surface area contributed by atoms with E-state index in [1.165, 1.54) is 0 Å². The van der Waals surface area contributed by atoms with Gasteiger partial charge in [-0.3, -0.25) is 14.6 Å². The van der Waals surface area contributed by atoms with Crippen LogP contribution in [0.1, 0.15) is 17.2 Å². The number of carbonyl (C=O) groups is 2. The van der Waals surface area contributed by atoms with Crippen LogP contribution in [-0.2, 0) is 16.1 Å². The van der Waals surface area contributed by atoms with Crippen molar-refractivity contribution in [2.24, 2.45) is 0 Å². The first-order valence-electron chi connectivity index (χ1n) is 8.84. The number of pyridine rings is 1. The Balaban J connectivity index is 1.73. The van der Waals surface area contributed by atoms with Crippen molar-refractivity contribution < 1.29 is 9.59 Å². The number of para-hydroxylation sites is 1. The molecule has 1 fully saturated rings. The van der Waals surface area contributed by atoms with Crippen molar-refractivity contribution in [2.75, 3.05) is 11.4 Å². The van der Waals surface area contributed by atoms with Crippen molar-refractivity contribution in [3.05, 3.63) is 96.3 Å². The molecule has 0 radical (unpaired) electrons. The van der Waals surface area contributed by atoms with Crippen LogP contribution < -0.4 is 4.90 Å². The van der Waals surface area contributed by atoms with Crippen molar-refractivity contribution in [3.63, 3.8) is 0 Å². The second-order valence-electron chi connectivity index (χ2n) is 6.45. The van der Waals surface area contributed by atoms with E-state index in [4.69, 9.17) is 0 Å². The van der Waals surface area contributed by atoms with E-state index >= 15 is 0 Å². The van der Waals surface area contributed by atoms with Gasteiger partial charge >= 0.3 is 0 Å². The first-order chi connectivity index (χ1) is 13.2. The molecule has 27 heavy (non-hydrogen) atoms. The van der Waals surface area contributed by atoms with E-state index < -0.39 is 6.04 Å². The summed E-state index contributed by atoms with van der Waals surface area (Å²) in [5.41, 5.74) is 2.49. The normalized spacial score (nSPS) is 17.3. The molecule has 1 aliphatic rings. The number of piperazine rings is 1. The smallest absolute Gasteiger partial charge is 0.254 e. The summed E-state index contributed by atoms with van der Waals surface area (Å²) in [6, 6.07) is 22.0. The Kier molecular flexibility index (Phi) is 4.66. The van der Waals surface area contributed by atoms with Crippen LogP contribution in [0.25, 0.3) is 0 Å². The van der Waals surface area contributed by atoms with E-state index in [-0.39, 0.29) is 18.4 Å². The average molecular weight is 357 g/mol. The molecule has 5 nitrogen and oxygen atoms in total. The number of hydrogen-bond acceptors (Lipinski definition) is 3. The molecule has 1 aromatic heterocycles. The third-order valence-corrected chi connectivity index (χ3v) is 4.71. The number of hydrogen-bond donors (Lipinski definition) is 0. The molecule has 0 saturated carbocycles. The first kappa shape index (κ1) is 17.0. The largest absolute Gasteiger partial charge is 0.321 e. The lowest BCUT2D eigenvalue weighted by atomic mass is 10.0. The summed E-state index contributed by atoms with van der Waals surface area (Å²) in [5, 5.41) is 0. The second-order valence-corrected chi connectivity index (χ2v) is 6.45. The molecule has 2 heterocycles. The summed E-state index contributed by atoms with van der Waals surface area (Å²) < 4.78 is 0. The Labute approximate surface area is 157 Å². The number of carbonyl (C=O) groups excluding carboxylic acids is 2. The quantitative estimate of drug-likeness (QED) is 0.720. The molecule has 1 saturated heterocycles. The standard InChI is InChI=1S/C22H19N3O2/c26-20-16-24(19-9-5-2-6-10-19)22(27)21(18-11-13-23-14-12-18)25(20)15-17-7-3-1-4-8-17/h1-14,21H,15-16H2. The van der Waals surface area contributed by atoms with Crippen molar-refractivity contribution in [1.29, 1.82) is 0 Å². The molecule has 0 N–H and O–H groups in total. The molecule has 2 amide bonds. The van der Waals surface area contributed by atoms with E-state index in [9.17, 15) is 9.59 Å². The SMILES string of the molecule is O=C1C(c2ccncc2)N(Cc2ccccc2)C(=O)CN1c1ccccc1. The second kappa shape index (κ2) is 7.41. The maximum Gasteiger partial charge on any atom is 0.254 e. The van der Waals surface area contributed by atoms with Gasteiger partial charge in [-0.25, -0.2) is 0 Å². The van der Waals surface area contributed by atoms with Gasteiger partial charge in [0.05, 0.1) is 0 Å². The Morgan fingerprint density at radius 3 is 2.15 bits per heavy atom. The van der Waals surface area contributed by atoms with Crippen LogP contribution >= 0.6 is 0 Å². The van der Waals surface area contributed by atoms with Gasteiger partial charge in [-0.15, -0.1) is 0 Å². The van der Waals surface area contributed by atoms with Crippen LogP contribution in [0, 0.1) is 0 Å². The monoisotopic (exact) mass is 357 g/mol. The zero-order valence-electron chi connectivity index (χ0n) is 14.7. The topological polar surface area (TPSA) is 53.5 Å². The van der Waals surface area contributed by atoms with Gasteiger partial charge in [0.2, 0.25) is 5.91 Å². The summed E-state index contributed by atoms with van der Waals surface area (Å²) in [5.74, 6) is -0.188. The van der Waals surface area contributed by atoms with Crippen molar-refractivity contribution in [1.82, 2.24) is 9.88 Å². The molecule has 134 valence electrons. The van der Waals surface area contributed by atoms with Gasteiger partial charge in [-0.2, -0.15) is 0 Å². The highest BCUT2D eigenvalue weighted by Crippen LogP contribution is 2.31. The van der Waals surface area contributed by atoms with Gasteiger partial charge in [0.25, 0.3) is 5.91 Å². The van der Waals surface area contributed by atoms with Gasteiger partial charge in [0.15, 0.2) is 0 Å². The van der Waals surface area contributed by atoms with E-state index in [0.717, 1.165) is 16.8 Å². The van der Waals surface area contributed by atoms with E-state index in [1.54, 1.807) is 34.3 Å². The predicted octanol–water partition coefficient (Wildman–Crippen LogP) is 3.20. The van der Waals surface area contributed by atoms with Gasteiger partial charge in [0, 0.05) is 24.6 Å². The molecule has 5 heteroatoms. The molecule has 4 rings (SSSR count). The highest BCUT2D eigenvalue weighted by atomic mass is 16.2. The van der Waals surface area contributed by atoms with E-state index in [2.05, 4.69) is 4.98 Å². The van der Waals surface area contributed by atoms with Crippen LogP contribution in [0.3, 0.4) is 0 Å². The number of anilines is 1. The highest BCUT2D eigenvalue weighted by molar-refractivity contribution is 6.06. The summed E-state index contributed by atoms with van der Waals surface area (Å²) in [7, 11) is 0. The fourth-order valence-electron chi connectivity index (χ4n) is 3.38. The number of aromatic nitrogens is 1. The van der Waals surface area contributed by atoms with Crippen LogP contribution in [-0.4, -0.2) is 28.2 Å². The molecule has 0 bridgehead atoms.